The number of nitrogens with zero attached hydrogens (tertiary/aromatic N) is 1. The molecule has 0 spiro atoms. The van der Waals surface area contributed by atoms with Gasteiger partial charge < -0.3 is 15.0 Å². The van der Waals surface area contributed by atoms with Crippen molar-refractivity contribution in [1.82, 2.24) is 9.88 Å². The fourth-order valence-corrected chi connectivity index (χ4v) is 1.14. The Hall–Kier alpha value is -1.62. The maximum atomic E-state index is 11.4. The predicted octanol–water partition coefficient (Wildman–Crippen LogP) is -0.735. The van der Waals surface area contributed by atoms with E-state index in [1.54, 1.807) is 12.3 Å². The third kappa shape index (κ3) is 3.55. The molecule has 1 aromatic heterocycles. The van der Waals surface area contributed by atoms with E-state index in [0.29, 0.717) is 0 Å². The van der Waals surface area contributed by atoms with E-state index in [-0.39, 0.29) is 31.2 Å². The average Bonchev–Trinajstić information content (AvgIpc) is 2.19. The summed E-state index contributed by atoms with van der Waals surface area (Å²) >= 11 is 0. The zero-order chi connectivity index (χ0) is 11.3. The SMILES string of the molecule is Cc1ccn(CC(=O)NCCO)c(=O)c1. The van der Waals surface area contributed by atoms with Gasteiger partial charge in [0.1, 0.15) is 6.54 Å². The Kier molecular flexibility index (Phi) is 4.05. The highest BCUT2D eigenvalue weighted by Crippen LogP contribution is 1.90. The van der Waals surface area contributed by atoms with E-state index >= 15 is 0 Å². The minimum absolute atomic E-state index is 0.0148. The molecule has 0 saturated carbocycles. The van der Waals surface area contributed by atoms with Crippen LogP contribution in [0.2, 0.25) is 0 Å². The van der Waals surface area contributed by atoms with Crippen molar-refractivity contribution < 1.29 is 9.90 Å². The Balaban J connectivity index is 2.65. The molecule has 0 saturated heterocycles. The van der Waals surface area contributed by atoms with Crippen molar-refractivity contribution in [2.75, 3.05) is 13.2 Å². The molecular formula is C10H14N2O3. The van der Waals surface area contributed by atoms with Gasteiger partial charge in [-0.2, -0.15) is 0 Å². The first-order valence-corrected chi connectivity index (χ1v) is 4.68. The van der Waals surface area contributed by atoms with E-state index in [4.69, 9.17) is 5.11 Å². The van der Waals surface area contributed by atoms with Crippen LogP contribution in [0.4, 0.5) is 0 Å². The standard InChI is InChI=1S/C10H14N2O3/c1-8-2-4-12(10(15)6-8)7-9(14)11-3-5-13/h2,4,6,13H,3,5,7H2,1H3,(H,11,14). The molecule has 0 atom stereocenters. The molecule has 5 nitrogen and oxygen atoms in total. The lowest BCUT2D eigenvalue weighted by molar-refractivity contribution is -0.121. The lowest BCUT2D eigenvalue weighted by atomic mass is 10.3. The maximum Gasteiger partial charge on any atom is 0.251 e. The van der Waals surface area contributed by atoms with Gasteiger partial charge in [-0.1, -0.05) is 0 Å². The molecular weight excluding hydrogens is 196 g/mol. The molecule has 0 aliphatic rings. The van der Waals surface area contributed by atoms with Gasteiger partial charge >= 0.3 is 0 Å². The number of aliphatic hydroxyl groups is 1. The number of pyridine rings is 1. The fourth-order valence-electron chi connectivity index (χ4n) is 1.14. The molecule has 0 radical (unpaired) electrons. The Bertz CT molecular complexity index is 398. The average molecular weight is 210 g/mol. The zero-order valence-electron chi connectivity index (χ0n) is 8.56. The van der Waals surface area contributed by atoms with Crippen LogP contribution >= 0.6 is 0 Å². The number of hydrogen-bond acceptors (Lipinski definition) is 3. The summed E-state index contributed by atoms with van der Waals surface area (Å²) < 4.78 is 1.32. The molecule has 0 aromatic carbocycles. The quantitative estimate of drug-likeness (QED) is 0.688. The molecule has 1 aromatic rings. The highest BCUT2D eigenvalue weighted by molar-refractivity contribution is 5.75. The van der Waals surface area contributed by atoms with Crippen LogP contribution in [0.15, 0.2) is 23.1 Å². The summed E-state index contributed by atoms with van der Waals surface area (Å²) in [5, 5.41) is 11.0. The lowest BCUT2D eigenvalue weighted by Crippen LogP contribution is -2.33. The first kappa shape index (κ1) is 11.5. The van der Waals surface area contributed by atoms with Crippen molar-refractivity contribution in [2.24, 2.45) is 0 Å². The van der Waals surface area contributed by atoms with E-state index in [1.807, 2.05) is 6.92 Å². The van der Waals surface area contributed by atoms with Gasteiger partial charge in [0.25, 0.3) is 5.56 Å². The Morgan fingerprint density at radius 2 is 2.33 bits per heavy atom. The highest BCUT2D eigenvalue weighted by atomic mass is 16.3. The topological polar surface area (TPSA) is 71.3 Å². The number of rotatable bonds is 4. The second-order valence-corrected chi connectivity index (χ2v) is 3.24. The van der Waals surface area contributed by atoms with Crippen LogP contribution in [0.25, 0.3) is 0 Å². The fraction of sp³-hybridized carbons (Fsp3) is 0.400. The van der Waals surface area contributed by atoms with Gasteiger partial charge in [-0.05, 0) is 18.6 Å². The summed E-state index contributed by atoms with van der Waals surface area (Å²) in [5.74, 6) is -0.282. The van der Waals surface area contributed by atoms with Crippen LogP contribution in [0.1, 0.15) is 5.56 Å². The molecule has 2 N–H and O–H groups in total. The third-order valence-corrected chi connectivity index (χ3v) is 1.90. The molecule has 1 rings (SSSR count). The minimum Gasteiger partial charge on any atom is -0.395 e. The molecule has 5 heteroatoms. The minimum atomic E-state index is -0.282. The van der Waals surface area contributed by atoms with E-state index in [2.05, 4.69) is 5.32 Å². The number of aromatic nitrogens is 1. The van der Waals surface area contributed by atoms with Gasteiger partial charge in [0, 0.05) is 18.8 Å². The van der Waals surface area contributed by atoms with E-state index in [1.165, 1.54) is 10.6 Å². The van der Waals surface area contributed by atoms with E-state index in [0.717, 1.165) is 5.56 Å². The number of carbonyl (C=O) groups excluding carboxylic acids is 1. The van der Waals surface area contributed by atoms with Crippen molar-refractivity contribution in [3.05, 3.63) is 34.2 Å². The van der Waals surface area contributed by atoms with Crippen LogP contribution in [0, 0.1) is 6.92 Å². The van der Waals surface area contributed by atoms with Crippen LogP contribution in [-0.2, 0) is 11.3 Å². The summed E-state index contributed by atoms with van der Waals surface area (Å²) in [5.41, 5.74) is 0.668. The van der Waals surface area contributed by atoms with Crippen LogP contribution < -0.4 is 10.9 Å². The molecule has 82 valence electrons. The van der Waals surface area contributed by atoms with Crippen molar-refractivity contribution in [2.45, 2.75) is 13.5 Å². The molecule has 0 fully saturated rings. The summed E-state index contributed by atoms with van der Waals surface area (Å²) in [6, 6.07) is 3.24. The Morgan fingerprint density at radius 1 is 1.60 bits per heavy atom. The largest absolute Gasteiger partial charge is 0.395 e. The monoisotopic (exact) mass is 210 g/mol. The van der Waals surface area contributed by atoms with Gasteiger partial charge in [-0.25, -0.2) is 0 Å². The van der Waals surface area contributed by atoms with Crippen LogP contribution in [-0.4, -0.2) is 28.7 Å². The Labute approximate surface area is 87.4 Å². The number of carbonyl (C=O) groups is 1. The van der Waals surface area contributed by atoms with Crippen molar-refractivity contribution in [3.8, 4) is 0 Å². The number of aryl methyl sites for hydroxylation is 1. The normalized spacial score (nSPS) is 10.0. The maximum absolute atomic E-state index is 11.4. The number of hydrogen-bond donors (Lipinski definition) is 2. The molecule has 15 heavy (non-hydrogen) atoms. The summed E-state index contributed by atoms with van der Waals surface area (Å²) in [4.78, 5) is 22.6. The molecule has 0 aliphatic heterocycles. The van der Waals surface area contributed by atoms with Crippen molar-refractivity contribution in [1.29, 1.82) is 0 Å². The van der Waals surface area contributed by atoms with Crippen LogP contribution in [0.5, 0.6) is 0 Å². The van der Waals surface area contributed by atoms with Crippen molar-refractivity contribution in [3.63, 3.8) is 0 Å². The summed E-state index contributed by atoms with van der Waals surface area (Å²) in [6.45, 7) is 1.91. The van der Waals surface area contributed by atoms with E-state index in [9.17, 15) is 9.59 Å². The smallest absolute Gasteiger partial charge is 0.251 e. The first-order chi connectivity index (χ1) is 7.13. The second kappa shape index (κ2) is 5.31. The zero-order valence-corrected chi connectivity index (χ0v) is 8.56. The number of nitrogens with one attached hydrogen (secondary N) is 1. The predicted molar refractivity (Wildman–Crippen MR) is 55.5 cm³/mol. The molecule has 0 aliphatic carbocycles. The Morgan fingerprint density at radius 3 is 2.93 bits per heavy atom. The van der Waals surface area contributed by atoms with Crippen molar-refractivity contribution >= 4 is 5.91 Å². The molecule has 1 heterocycles. The van der Waals surface area contributed by atoms with Gasteiger partial charge in [-0.3, -0.25) is 9.59 Å². The molecule has 0 bridgehead atoms. The highest BCUT2D eigenvalue weighted by Gasteiger charge is 2.02. The summed E-state index contributed by atoms with van der Waals surface area (Å²) in [6.07, 6.45) is 1.58. The third-order valence-electron chi connectivity index (χ3n) is 1.90. The first-order valence-electron chi connectivity index (χ1n) is 4.68. The second-order valence-electron chi connectivity index (χ2n) is 3.24. The van der Waals surface area contributed by atoms with Gasteiger partial charge in [0.05, 0.1) is 6.61 Å². The van der Waals surface area contributed by atoms with Gasteiger partial charge in [0.15, 0.2) is 0 Å². The number of amides is 1. The van der Waals surface area contributed by atoms with Gasteiger partial charge in [-0.15, -0.1) is 0 Å². The molecule has 0 unspecified atom stereocenters. The number of aliphatic hydroxyl groups excluding tert-OH is 1. The van der Waals surface area contributed by atoms with Gasteiger partial charge in [0.2, 0.25) is 5.91 Å². The lowest BCUT2D eigenvalue weighted by Gasteiger charge is -2.06. The van der Waals surface area contributed by atoms with E-state index < -0.39 is 0 Å². The summed E-state index contributed by atoms with van der Waals surface area (Å²) in [7, 11) is 0. The molecule has 1 amide bonds. The van der Waals surface area contributed by atoms with Crippen LogP contribution in [0.3, 0.4) is 0 Å².